The predicted octanol–water partition coefficient (Wildman–Crippen LogP) is 3.16. The average molecular weight is 257 g/mol. The highest BCUT2D eigenvalue weighted by atomic mass is 19.1. The minimum Gasteiger partial charge on any atom is -0.489 e. The Kier molecular flexibility index (Phi) is 4.35. The lowest BCUT2D eigenvalue weighted by Crippen LogP contribution is -2.10. The van der Waals surface area contributed by atoms with E-state index in [9.17, 15) is 4.39 Å². The van der Waals surface area contributed by atoms with Crippen molar-refractivity contribution in [2.75, 3.05) is 13.2 Å². The molecule has 0 amide bonds. The van der Waals surface area contributed by atoms with Gasteiger partial charge in [-0.1, -0.05) is 24.3 Å². The summed E-state index contributed by atoms with van der Waals surface area (Å²) in [7, 11) is 0. The first-order valence-corrected chi connectivity index (χ1v) is 5.80. The third kappa shape index (κ3) is 3.46. The van der Waals surface area contributed by atoms with Gasteiger partial charge in [0.2, 0.25) is 0 Å². The van der Waals surface area contributed by atoms with E-state index in [0.717, 1.165) is 0 Å². The van der Waals surface area contributed by atoms with Crippen molar-refractivity contribution in [2.24, 2.45) is 0 Å². The van der Waals surface area contributed by atoms with Crippen LogP contribution < -0.4 is 9.47 Å². The number of ether oxygens (including phenoxy) is 2. The topological polar surface area (TPSA) is 42.2 Å². The molecule has 3 nitrogen and oxygen atoms in total. The minimum absolute atomic E-state index is 0.194. The van der Waals surface area contributed by atoms with Gasteiger partial charge < -0.3 is 9.47 Å². The lowest BCUT2D eigenvalue weighted by molar-refractivity contribution is 0.211. The van der Waals surface area contributed by atoms with Crippen molar-refractivity contribution in [3.63, 3.8) is 0 Å². The monoisotopic (exact) mass is 257 g/mol. The second kappa shape index (κ2) is 6.41. The molecule has 2 aromatic rings. The molecule has 0 aliphatic rings. The fraction of sp³-hybridized carbons (Fsp3) is 0.133. The average Bonchev–Trinajstić information content (AvgIpc) is 2.45. The van der Waals surface area contributed by atoms with Gasteiger partial charge in [-0.2, -0.15) is 5.26 Å². The van der Waals surface area contributed by atoms with Crippen LogP contribution in [0.4, 0.5) is 4.39 Å². The molecule has 2 rings (SSSR count). The van der Waals surface area contributed by atoms with Crippen LogP contribution in [-0.4, -0.2) is 13.2 Å². The maximum atomic E-state index is 13.2. The Morgan fingerprint density at radius 2 is 1.47 bits per heavy atom. The third-order valence-electron chi connectivity index (χ3n) is 2.44. The van der Waals surface area contributed by atoms with Gasteiger partial charge in [0.05, 0.1) is 5.56 Å². The molecular formula is C15H12FNO2. The third-order valence-corrected chi connectivity index (χ3v) is 2.44. The SMILES string of the molecule is N#Cc1ccccc1OCCOc1ccccc1F. The van der Waals surface area contributed by atoms with Crippen LogP contribution in [0.2, 0.25) is 0 Å². The van der Waals surface area contributed by atoms with Crippen molar-refractivity contribution < 1.29 is 13.9 Å². The van der Waals surface area contributed by atoms with E-state index in [1.165, 1.54) is 6.07 Å². The van der Waals surface area contributed by atoms with E-state index in [4.69, 9.17) is 14.7 Å². The molecule has 0 saturated heterocycles. The van der Waals surface area contributed by atoms with Gasteiger partial charge in [0, 0.05) is 0 Å². The Morgan fingerprint density at radius 3 is 2.16 bits per heavy atom. The summed E-state index contributed by atoms with van der Waals surface area (Å²) < 4.78 is 23.9. The fourth-order valence-electron chi connectivity index (χ4n) is 1.55. The molecule has 0 radical (unpaired) electrons. The van der Waals surface area contributed by atoms with E-state index in [1.54, 1.807) is 42.5 Å². The van der Waals surface area contributed by atoms with Crippen LogP contribution in [0.3, 0.4) is 0 Å². The van der Waals surface area contributed by atoms with Gasteiger partial charge in [0.15, 0.2) is 11.6 Å². The van der Waals surface area contributed by atoms with E-state index in [-0.39, 0.29) is 19.0 Å². The molecule has 2 aromatic carbocycles. The molecule has 0 fully saturated rings. The largest absolute Gasteiger partial charge is 0.489 e. The Labute approximate surface area is 110 Å². The molecule has 0 aromatic heterocycles. The van der Waals surface area contributed by atoms with Gasteiger partial charge in [0.25, 0.3) is 0 Å². The zero-order valence-electron chi connectivity index (χ0n) is 10.2. The van der Waals surface area contributed by atoms with Crippen LogP contribution in [0.5, 0.6) is 11.5 Å². The number of halogens is 1. The Balaban J connectivity index is 1.85. The Morgan fingerprint density at radius 1 is 0.895 bits per heavy atom. The van der Waals surface area contributed by atoms with Crippen LogP contribution in [0.1, 0.15) is 5.56 Å². The summed E-state index contributed by atoms with van der Waals surface area (Å²) in [6.07, 6.45) is 0. The minimum atomic E-state index is -0.403. The second-order valence-electron chi connectivity index (χ2n) is 3.74. The van der Waals surface area contributed by atoms with Crippen LogP contribution in [0.25, 0.3) is 0 Å². The standard InChI is InChI=1S/C15H12FNO2/c16-13-6-2-4-8-15(13)19-10-9-18-14-7-3-1-5-12(14)11-17/h1-8H,9-10H2. The van der Waals surface area contributed by atoms with Gasteiger partial charge in [-0.3, -0.25) is 0 Å². The van der Waals surface area contributed by atoms with Gasteiger partial charge >= 0.3 is 0 Å². The second-order valence-corrected chi connectivity index (χ2v) is 3.74. The molecule has 0 saturated carbocycles. The van der Waals surface area contributed by atoms with Crippen LogP contribution in [0.15, 0.2) is 48.5 Å². The van der Waals surface area contributed by atoms with Crippen molar-refractivity contribution in [2.45, 2.75) is 0 Å². The molecular weight excluding hydrogens is 245 g/mol. The van der Waals surface area contributed by atoms with Gasteiger partial charge in [-0.25, -0.2) is 4.39 Å². The van der Waals surface area contributed by atoms with E-state index in [1.807, 2.05) is 6.07 Å². The Hall–Kier alpha value is -2.54. The first-order chi connectivity index (χ1) is 9.31. The number of hydrogen-bond acceptors (Lipinski definition) is 3. The zero-order valence-corrected chi connectivity index (χ0v) is 10.2. The van der Waals surface area contributed by atoms with Crippen LogP contribution >= 0.6 is 0 Å². The lowest BCUT2D eigenvalue weighted by atomic mass is 10.2. The molecule has 0 bridgehead atoms. The first-order valence-electron chi connectivity index (χ1n) is 5.80. The molecule has 19 heavy (non-hydrogen) atoms. The summed E-state index contributed by atoms with van der Waals surface area (Å²) in [5.74, 6) is 0.293. The summed E-state index contributed by atoms with van der Waals surface area (Å²) in [5.41, 5.74) is 0.466. The Bertz CT molecular complexity index is 593. The van der Waals surface area contributed by atoms with E-state index < -0.39 is 5.82 Å². The molecule has 0 aliphatic carbocycles. The summed E-state index contributed by atoms with van der Waals surface area (Å²) in [5, 5.41) is 8.88. The summed E-state index contributed by atoms with van der Waals surface area (Å²) >= 11 is 0. The molecule has 0 heterocycles. The maximum absolute atomic E-state index is 13.2. The van der Waals surface area contributed by atoms with Crippen LogP contribution in [0, 0.1) is 17.1 Å². The van der Waals surface area contributed by atoms with Crippen molar-refractivity contribution in [1.82, 2.24) is 0 Å². The number of para-hydroxylation sites is 2. The molecule has 4 heteroatoms. The van der Waals surface area contributed by atoms with Crippen molar-refractivity contribution in [1.29, 1.82) is 5.26 Å². The summed E-state index contributed by atoms with van der Waals surface area (Å²) in [6.45, 7) is 0.452. The van der Waals surface area contributed by atoms with Crippen molar-refractivity contribution >= 4 is 0 Å². The smallest absolute Gasteiger partial charge is 0.165 e. The van der Waals surface area contributed by atoms with Crippen LogP contribution in [-0.2, 0) is 0 Å². The van der Waals surface area contributed by atoms with Gasteiger partial charge in [-0.05, 0) is 24.3 Å². The van der Waals surface area contributed by atoms with Crippen molar-refractivity contribution in [3.8, 4) is 17.6 Å². The number of hydrogen-bond donors (Lipinski definition) is 0. The van der Waals surface area contributed by atoms with E-state index in [2.05, 4.69) is 0 Å². The predicted molar refractivity (Wildman–Crippen MR) is 68.5 cm³/mol. The highest BCUT2D eigenvalue weighted by Gasteiger charge is 2.03. The number of nitriles is 1. The molecule has 0 aliphatic heterocycles. The van der Waals surface area contributed by atoms with E-state index in [0.29, 0.717) is 11.3 Å². The van der Waals surface area contributed by atoms with E-state index >= 15 is 0 Å². The fourth-order valence-corrected chi connectivity index (χ4v) is 1.55. The highest BCUT2D eigenvalue weighted by Crippen LogP contribution is 2.17. The lowest BCUT2D eigenvalue weighted by Gasteiger charge is -2.09. The molecule has 0 atom stereocenters. The van der Waals surface area contributed by atoms with Gasteiger partial charge in [-0.15, -0.1) is 0 Å². The quantitative estimate of drug-likeness (QED) is 0.773. The maximum Gasteiger partial charge on any atom is 0.165 e. The molecule has 96 valence electrons. The highest BCUT2D eigenvalue weighted by molar-refractivity contribution is 5.42. The summed E-state index contributed by atoms with van der Waals surface area (Å²) in [6, 6.07) is 15.2. The normalized spacial score (nSPS) is 9.68. The van der Waals surface area contributed by atoms with Gasteiger partial charge in [0.1, 0.15) is 25.0 Å². The molecule has 0 spiro atoms. The number of rotatable bonds is 5. The molecule has 0 unspecified atom stereocenters. The zero-order chi connectivity index (χ0) is 13.5. The van der Waals surface area contributed by atoms with Crippen molar-refractivity contribution in [3.05, 3.63) is 59.9 Å². The number of nitrogens with zero attached hydrogens (tertiary/aromatic N) is 1. The summed E-state index contributed by atoms with van der Waals surface area (Å²) in [4.78, 5) is 0. The first kappa shape index (κ1) is 12.9. The molecule has 0 N–H and O–H groups in total. The number of benzene rings is 2.